The molecule has 2 heterocycles. The summed E-state index contributed by atoms with van der Waals surface area (Å²) in [6, 6.07) is 0. The molecule has 0 aliphatic carbocycles. The first kappa shape index (κ1) is 11.1. The second kappa shape index (κ2) is 4.63. The minimum Gasteiger partial charge on any atom is -0.343 e. The van der Waals surface area contributed by atoms with Gasteiger partial charge in [0.15, 0.2) is 5.82 Å². The molecule has 1 fully saturated rings. The Morgan fingerprint density at radius 2 is 2.25 bits per heavy atom. The van der Waals surface area contributed by atoms with Crippen LogP contribution in [0.5, 0.6) is 0 Å². The SMILES string of the molecule is CC(C)c1noc(CCC(=O)N2CCC2)n1. The molecule has 5 nitrogen and oxygen atoms in total. The molecule has 0 aromatic carbocycles. The van der Waals surface area contributed by atoms with Gasteiger partial charge in [0.2, 0.25) is 11.8 Å². The van der Waals surface area contributed by atoms with Crippen LogP contribution in [0.4, 0.5) is 0 Å². The Morgan fingerprint density at radius 1 is 1.50 bits per heavy atom. The summed E-state index contributed by atoms with van der Waals surface area (Å²) in [7, 11) is 0. The minimum absolute atomic E-state index is 0.190. The molecule has 1 aliphatic rings. The molecule has 1 aromatic heterocycles. The molecule has 1 saturated heterocycles. The number of nitrogens with zero attached hydrogens (tertiary/aromatic N) is 3. The molecular weight excluding hydrogens is 206 g/mol. The molecule has 1 aliphatic heterocycles. The number of likely N-dealkylation sites (tertiary alicyclic amines) is 1. The van der Waals surface area contributed by atoms with E-state index in [9.17, 15) is 4.79 Å². The van der Waals surface area contributed by atoms with Gasteiger partial charge in [-0.25, -0.2) is 0 Å². The average molecular weight is 223 g/mol. The lowest BCUT2D eigenvalue weighted by Crippen LogP contribution is -2.42. The molecule has 0 saturated carbocycles. The highest BCUT2D eigenvalue weighted by atomic mass is 16.5. The van der Waals surface area contributed by atoms with Crippen LogP contribution in [-0.4, -0.2) is 34.0 Å². The van der Waals surface area contributed by atoms with Crippen molar-refractivity contribution in [3.8, 4) is 0 Å². The van der Waals surface area contributed by atoms with Gasteiger partial charge in [-0.1, -0.05) is 19.0 Å². The number of amides is 1. The number of rotatable bonds is 4. The van der Waals surface area contributed by atoms with Crippen LogP contribution in [0.25, 0.3) is 0 Å². The predicted octanol–water partition coefficient (Wildman–Crippen LogP) is 1.36. The number of hydrogen-bond acceptors (Lipinski definition) is 4. The van der Waals surface area contributed by atoms with Crippen LogP contribution in [0.3, 0.4) is 0 Å². The molecule has 0 atom stereocenters. The van der Waals surface area contributed by atoms with Gasteiger partial charge in [0, 0.05) is 31.8 Å². The van der Waals surface area contributed by atoms with E-state index in [1.54, 1.807) is 0 Å². The molecule has 1 aromatic rings. The summed E-state index contributed by atoms with van der Waals surface area (Å²) in [5.74, 6) is 1.74. The number of carbonyl (C=O) groups excluding carboxylic acids is 1. The molecule has 0 radical (unpaired) electrons. The lowest BCUT2D eigenvalue weighted by atomic mass is 10.2. The standard InChI is InChI=1S/C11H17N3O2/c1-8(2)11-12-9(16-13-11)4-5-10(15)14-6-3-7-14/h8H,3-7H2,1-2H3. The third-order valence-corrected chi connectivity index (χ3v) is 2.76. The van der Waals surface area contributed by atoms with Gasteiger partial charge in [-0.15, -0.1) is 0 Å². The van der Waals surface area contributed by atoms with E-state index in [2.05, 4.69) is 10.1 Å². The van der Waals surface area contributed by atoms with Gasteiger partial charge in [0.1, 0.15) is 0 Å². The van der Waals surface area contributed by atoms with Crippen LogP contribution < -0.4 is 0 Å². The highest BCUT2D eigenvalue weighted by Gasteiger charge is 2.20. The molecule has 88 valence electrons. The molecule has 16 heavy (non-hydrogen) atoms. The lowest BCUT2D eigenvalue weighted by Gasteiger charge is -2.30. The summed E-state index contributed by atoms with van der Waals surface area (Å²) < 4.78 is 5.08. The van der Waals surface area contributed by atoms with Gasteiger partial charge in [-0.2, -0.15) is 4.98 Å². The van der Waals surface area contributed by atoms with Gasteiger partial charge in [-0.3, -0.25) is 4.79 Å². The zero-order chi connectivity index (χ0) is 11.5. The summed E-state index contributed by atoms with van der Waals surface area (Å²) in [5, 5.41) is 3.86. The van der Waals surface area contributed by atoms with Crippen LogP contribution in [0.15, 0.2) is 4.52 Å². The number of hydrogen-bond donors (Lipinski definition) is 0. The summed E-state index contributed by atoms with van der Waals surface area (Å²) in [4.78, 5) is 17.7. The predicted molar refractivity (Wildman–Crippen MR) is 57.9 cm³/mol. The van der Waals surface area contributed by atoms with Crippen molar-refractivity contribution in [2.45, 2.75) is 39.0 Å². The fourth-order valence-electron chi connectivity index (χ4n) is 1.54. The topological polar surface area (TPSA) is 59.2 Å². The third kappa shape index (κ3) is 2.40. The van der Waals surface area contributed by atoms with E-state index in [1.807, 2.05) is 18.7 Å². The molecule has 0 spiro atoms. The fraction of sp³-hybridized carbons (Fsp3) is 0.727. The van der Waals surface area contributed by atoms with E-state index >= 15 is 0 Å². The highest BCUT2D eigenvalue weighted by Crippen LogP contribution is 2.12. The minimum atomic E-state index is 0.190. The summed E-state index contributed by atoms with van der Waals surface area (Å²) >= 11 is 0. The van der Waals surface area contributed by atoms with Crippen molar-refractivity contribution >= 4 is 5.91 Å². The first-order valence-electron chi connectivity index (χ1n) is 5.77. The van der Waals surface area contributed by atoms with Gasteiger partial charge >= 0.3 is 0 Å². The summed E-state index contributed by atoms with van der Waals surface area (Å²) in [6.07, 6.45) is 2.15. The average Bonchev–Trinajstić information content (AvgIpc) is 2.60. The largest absolute Gasteiger partial charge is 0.343 e. The monoisotopic (exact) mass is 223 g/mol. The van der Waals surface area contributed by atoms with Crippen LogP contribution in [-0.2, 0) is 11.2 Å². The lowest BCUT2D eigenvalue weighted by molar-refractivity contribution is -0.134. The third-order valence-electron chi connectivity index (χ3n) is 2.76. The van der Waals surface area contributed by atoms with E-state index in [1.165, 1.54) is 0 Å². The molecule has 1 amide bonds. The fourth-order valence-corrected chi connectivity index (χ4v) is 1.54. The second-order valence-electron chi connectivity index (χ2n) is 4.44. The van der Waals surface area contributed by atoms with Crippen molar-refractivity contribution in [2.75, 3.05) is 13.1 Å². The molecule has 0 N–H and O–H groups in total. The Morgan fingerprint density at radius 3 is 2.75 bits per heavy atom. The first-order valence-corrected chi connectivity index (χ1v) is 5.77. The summed E-state index contributed by atoms with van der Waals surface area (Å²) in [5.41, 5.74) is 0. The Balaban J connectivity index is 1.82. The maximum Gasteiger partial charge on any atom is 0.227 e. The second-order valence-corrected chi connectivity index (χ2v) is 4.44. The van der Waals surface area contributed by atoms with Gasteiger partial charge in [0.25, 0.3) is 0 Å². The van der Waals surface area contributed by atoms with E-state index in [0.717, 1.165) is 19.5 Å². The smallest absolute Gasteiger partial charge is 0.227 e. The van der Waals surface area contributed by atoms with E-state index in [4.69, 9.17) is 4.52 Å². The maximum atomic E-state index is 11.6. The van der Waals surface area contributed by atoms with E-state index in [-0.39, 0.29) is 11.8 Å². The van der Waals surface area contributed by atoms with Crippen LogP contribution in [0.1, 0.15) is 44.3 Å². The summed E-state index contributed by atoms with van der Waals surface area (Å²) in [6.45, 7) is 5.83. The van der Waals surface area contributed by atoms with Crippen molar-refractivity contribution in [3.05, 3.63) is 11.7 Å². The van der Waals surface area contributed by atoms with E-state index < -0.39 is 0 Å². The quantitative estimate of drug-likeness (QED) is 0.773. The molecular formula is C11H17N3O2. The van der Waals surface area contributed by atoms with Crippen molar-refractivity contribution in [2.24, 2.45) is 0 Å². The number of aryl methyl sites for hydroxylation is 1. The van der Waals surface area contributed by atoms with E-state index in [0.29, 0.717) is 24.6 Å². The molecule has 0 bridgehead atoms. The van der Waals surface area contributed by atoms with Gasteiger partial charge in [0.05, 0.1) is 0 Å². The van der Waals surface area contributed by atoms with Crippen molar-refractivity contribution < 1.29 is 9.32 Å². The van der Waals surface area contributed by atoms with Crippen molar-refractivity contribution in [3.63, 3.8) is 0 Å². The van der Waals surface area contributed by atoms with Crippen molar-refractivity contribution in [1.82, 2.24) is 15.0 Å². The van der Waals surface area contributed by atoms with Crippen LogP contribution in [0, 0.1) is 0 Å². The zero-order valence-electron chi connectivity index (χ0n) is 9.77. The van der Waals surface area contributed by atoms with Gasteiger partial charge in [-0.05, 0) is 6.42 Å². The maximum absolute atomic E-state index is 11.6. The molecule has 2 rings (SSSR count). The van der Waals surface area contributed by atoms with Crippen LogP contribution >= 0.6 is 0 Å². The van der Waals surface area contributed by atoms with Crippen molar-refractivity contribution in [1.29, 1.82) is 0 Å². The van der Waals surface area contributed by atoms with Crippen LogP contribution in [0.2, 0.25) is 0 Å². The Bertz CT molecular complexity index is 369. The number of carbonyl (C=O) groups is 1. The zero-order valence-corrected chi connectivity index (χ0v) is 9.77. The number of aromatic nitrogens is 2. The Kier molecular flexibility index (Phi) is 3.22. The van der Waals surface area contributed by atoms with Gasteiger partial charge < -0.3 is 9.42 Å². The Hall–Kier alpha value is -1.39. The highest BCUT2D eigenvalue weighted by molar-refractivity contribution is 5.76. The Labute approximate surface area is 94.8 Å². The molecule has 5 heteroatoms. The normalized spacial score (nSPS) is 15.3. The first-order chi connectivity index (χ1) is 7.66. The molecule has 0 unspecified atom stereocenters.